The Hall–Kier alpha value is -5.30. The molecule has 0 saturated heterocycles. The molecule has 0 aliphatic heterocycles. The summed E-state index contributed by atoms with van der Waals surface area (Å²) in [5.74, 6) is 1.10. The zero-order valence-corrected chi connectivity index (χ0v) is 23.3. The Morgan fingerprint density at radius 3 is 2.71 bits per heavy atom. The Morgan fingerprint density at radius 2 is 1.98 bits per heavy atom. The summed E-state index contributed by atoms with van der Waals surface area (Å²) in [7, 11) is 7.57. The van der Waals surface area contributed by atoms with Crippen molar-refractivity contribution < 1.29 is 9.53 Å². The average molecular weight is 554 g/mol. The highest BCUT2D eigenvalue weighted by Gasteiger charge is 2.18. The number of fused-ring (bicyclic) bond motifs is 1. The maximum Gasteiger partial charge on any atom is 0.247 e. The molecule has 41 heavy (non-hydrogen) atoms. The lowest BCUT2D eigenvalue weighted by Gasteiger charge is -2.26. The van der Waals surface area contributed by atoms with Crippen LogP contribution < -0.4 is 20.3 Å². The Labute approximate surface area is 236 Å². The van der Waals surface area contributed by atoms with E-state index in [9.17, 15) is 4.79 Å². The van der Waals surface area contributed by atoms with E-state index in [-0.39, 0.29) is 5.91 Å². The highest BCUT2D eigenvalue weighted by Crippen LogP contribution is 2.38. The SMILES string of the molecule is C=CC(=O)Nc1cc(Nc2nccc(-n3nc(-c4cn[nH]n4)c4ccccc43)n2)c(OC)cc1N(C)CCN(C)C. The first-order valence-electron chi connectivity index (χ1n) is 12.8. The molecule has 1 amide bonds. The number of aromatic nitrogens is 7. The summed E-state index contributed by atoms with van der Waals surface area (Å²) in [6.45, 7) is 5.15. The van der Waals surface area contributed by atoms with Gasteiger partial charge in [-0.2, -0.15) is 25.5 Å². The van der Waals surface area contributed by atoms with E-state index in [2.05, 4.69) is 47.4 Å². The molecular weight excluding hydrogens is 522 g/mol. The number of rotatable bonds is 11. The van der Waals surface area contributed by atoms with Crippen molar-refractivity contribution >= 4 is 39.8 Å². The van der Waals surface area contributed by atoms with Crippen LogP contribution >= 0.6 is 0 Å². The van der Waals surface area contributed by atoms with E-state index in [4.69, 9.17) is 14.8 Å². The number of likely N-dealkylation sites (N-methyl/N-ethyl adjacent to an activating group) is 2. The van der Waals surface area contributed by atoms with Crippen LogP contribution in [0.5, 0.6) is 5.75 Å². The predicted molar refractivity (Wildman–Crippen MR) is 159 cm³/mol. The second-order valence-electron chi connectivity index (χ2n) is 9.48. The molecular formula is C28H31N11O2. The highest BCUT2D eigenvalue weighted by atomic mass is 16.5. The third-order valence-electron chi connectivity index (χ3n) is 6.40. The van der Waals surface area contributed by atoms with Crippen molar-refractivity contribution in [3.05, 3.63) is 67.5 Å². The number of carbonyl (C=O) groups is 1. The minimum absolute atomic E-state index is 0.318. The molecule has 3 aromatic heterocycles. The van der Waals surface area contributed by atoms with Crippen molar-refractivity contribution in [2.75, 3.05) is 56.9 Å². The van der Waals surface area contributed by atoms with E-state index < -0.39 is 0 Å². The number of hydrogen-bond acceptors (Lipinski definition) is 10. The zero-order valence-electron chi connectivity index (χ0n) is 23.3. The van der Waals surface area contributed by atoms with Crippen LogP contribution in [0.2, 0.25) is 0 Å². The fourth-order valence-corrected chi connectivity index (χ4v) is 4.30. The monoisotopic (exact) mass is 553 g/mol. The van der Waals surface area contributed by atoms with Gasteiger partial charge in [0.25, 0.3) is 0 Å². The molecule has 3 heterocycles. The molecule has 13 nitrogen and oxygen atoms in total. The predicted octanol–water partition coefficient (Wildman–Crippen LogP) is 3.48. The summed E-state index contributed by atoms with van der Waals surface area (Å²) >= 11 is 0. The van der Waals surface area contributed by atoms with Crippen LogP contribution in [0.1, 0.15) is 0 Å². The van der Waals surface area contributed by atoms with E-state index in [1.54, 1.807) is 36.3 Å². The summed E-state index contributed by atoms with van der Waals surface area (Å²) in [6, 6.07) is 13.3. The maximum absolute atomic E-state index is 12.3. The van der Waals surface area contributed by atoms with Crippen LogP contribution in [0.25, 0.3) is 28.1 Å². The fraction of sp³-hybridized carbons (Fsp3) is 0.214. The summed E-state index contributed by atoms with van der Waals surface area (Å²) in [5, 5.41) is 22.6. The third kappa shape index (κ3) is 5.84. The van der Waals surface area contributed by atoms with E-state index >= 15 is 0 Å². The summed E-state index contributed by atoms with van der Waals surface area (Å²) in [6.07, 6.45) is 4.51. The van der Waals surface area contributed by atoms with Gasteiger partial charge in [-0.25, -0.2) is 9.67 Å². The Morgan fingerprint density at radius 1 is 1.15 bits per heavy atom. The molecule has 0 unspecified atom stereocenters. The van der Waals surface area contributed by atoms with Crippen LogP contribution in [-0.4, -0.2) is 87.3 Å². The van der Waals surface area contributed by atoms with E-state index in [0.29, 0.717) is 40.3 Å². The lowest BCUT2D eigenvalue weighted by atomic mass is 10.2. The van der Waals surface area contributed by atoms with Gasteiger partial charge in [-0.3, -0.25) is 4.79 Å². The first-order chi connectivity index (χ1) is 19.9. The number of H-pyrrole nitrogens is 1. The van der Waals surface area contributed by atoms with Gasteiger partial charge in [-0.05, 0) is 32.3 Å². The summed E-state index contributed by atoms with van der Waals surface area (Å²) in [4.78, 5) is 25.6. The van der Waals surface area contributed by atoms with Crippen molar-refractivity contribution in [2.45, 2.75) is 0 Å². The van der Waals surface area contributed by atoms with Crippen molar-refractivity contribution in [1.82, 2.24) is 40.1 Å². The number of nitrogens with zero attached hydrogens (tertiary/aromatic N) is 8. The number of nitrogens with one attached hydrogen (secondary N) is 3. The number of hydrogen-bond donors (Lipinski definition) is 3. The standard InChI is InChI=1S/C28H31N11O2/c1-6-26(40)31-19-15-20(24(41-5)16-23(19)38(4)14-13-37(2)3)32-28-29-12-11-25(33-28)39-22-10-8-7-9-18(22)27(35-39)21-17-30-36-34-21/h6-12,15-17H,1,13-14H2,2-5H3,(H,31,40)(H,29,32,33)(H,30,34,36). The molecule has 0 atom stereocenters. The largest absolute Gasteiger partial charge is 0.494 e. The van der Waals surface area contributed by atoms with Crippen LogP contribution in [0.3, 0.4) is 0 Å². The number of carbonyl (C=O) groups excluding carboxylic acids is 1. The number of para-hydroxylation sites is 1. The number of ether oxygens (including phenoxy) is 1. The smallest absolute Gasteiger partial charge is 0.247 e. The van der Waals surface area contributed by atoms with Crippen LogP contribution in [0, 0.1) is 0 Å². The van der Waals surface area contributed by atoms with Gasteiger partial charge in [0.1, 0.15) is 17.1 Å². The second kappa shape index (κ2) is 11.8. The highest BCUT2D eigenvalue weighted by molar-refractivity contribution is 6.02. The molecule has 0 aliphatic rings. The second-order valence-corrected chi connectivity index (χ2v) is 9.48. The lowest BCUT2D eigenvalue weighted by Crippen LogP contribution is -2.29. The topological polar surface area (TPSA) is 142 Å². The first-order valence-corrected chi connectivity index (χ1v) is 12.8. The average Bonchev–Trinajstić information content (AvgIpc) is 3.64. The minimum Gasteiger partial charge on any atom is -0.494 e. The third-order valence-corrected chi connectivity index (χ3v) is 6.40. The molecule has 2 aromatic carbocycles. The Kier molecular flexibility index (Phi) is 7.87. The Balaban J connectivity index is 1.52. The van der Waals surface area contributed by atoms with Crippen molar-refractivity contribution in [1.29, 1.82) is 0 Å². The molecule has 0 spiro atoms. The normalized spacial score (nSPS) is 11.0. The quantitative estimate of drug-likeness (QED) is 0.208. The van der Waals surface area contributed by atoms with Crippen molar-refractivity contribution in [3.8, 4) is 23.0 Å². The van der Waals surface area contributed by atoms with Gasteiger partial charge >= 0.3 is 0 Å². The molecule has 13 heteroatoms. The molecule has 5 rings (SSSR count). The first kappa shape index (κ1) is 27.3. The van der Waals surface area contributed by atoms with Gasteiger partial charge in [0.15, 0.2) is 5.82 Å². The maximum atomic E-state index is 12.3. The molecule has 210 valence electrons. The van der Waals surface area contributed by atoms with Gasteiger partial charge in [-0.15, -0.1) is 0 Å². The molecule has 0 bridgehead atoms. The summed E-state index contributed by atoms with van der Waals surface area (Å²) in [5.41, 5.74) is 4.12. The van der Waals surface area contributed by atoms with E-state index in [0.717, 1.165) is 29.7 Å². The zero-order chi connectivity index (χ0) is 28.9. The molecule has 0 radical (unpaired) electrons. The molecule has 0 fully saturated rings. The van der Waals surface area contributed by atoms with Gasteiger partial charge in [0, 0.05) is 43.9 Å². The van der Waals surface area contributed by atoms with E-state index in [1.165, 1.54) is 6.08 Å². The number of methoxy groups -OCH3 is 1. The Bertz CT molecular complexity index is 1680. The lowest BCUT2D eigenvalue weighted by molar-refractivity contribution is -0.111. The van der Waals surface area contributed by atoms with Crippen LogP contribution in [-0.2, 0) is 4.79 Å². The minimum atomic E-state index is -0.324. The molecule has 0 saturated carbocycles. The van der Waals surface area contributed by atoms with Crippen LogP contribution in [0.4, 0.5) is 23.0 Å². The fourth-order valence-electron chi connectivity index (χ4n) is 4.30. The number of amides is 1. The molecule has 5 aromatic rings. The molecule has 3 N–H and O–H groups in total. The molecule has 0 aliphatic carbocycles. The van der Waals surface area contributed by atoms with E-state index in [1.807, 2.05) is 51.5 Å². The van der Waals surface area contributed by atoms with Crippen molar-refractivity contribution in [3.63, 3.8) is 0 Å². The van der Waals surface area contributed by atoms with Crippen LogP contribution in [0.15, 0.2) is 67.5 Å². The number of aromatic amines is 1. The van der Waals surface area contributed by atoms with Gasteiger partial charge in [-0.1, -0.05) is 24.8 Å². The number of anilines is 4. The van der Waals surface area contributed by atoms with Crippen molar-refractivity contribution in [2.24, 2.45) is 0 Å². The van der Waals surface area contributed by atoms with Gasteiger partial charge in [0.05, 0.1) is 35.9 Å². The number of benzene rings is 2. The summed E-state index contributed by atoms with van der Waals surface area (Å²) < 4.78 is 7.45. The van der Waals surface area contributed by atoms with Gasteiger partial charge in [0.2, 0.25) is 11.9 Å². The van der Waals surface area contributed by atoms with Gasteiger partial charge < -0.3 is 25.2 Å².